The number of carbonyl (C=O) groups is 1. The summed E-state index contributed by atoms with van der Waals surface area (Å²) >= 11 is 1.48. The van der Waals surface area contributed by atoms with E-state index in [1.54, 1.807) is 7.11 Å². The molecule has 1 heterocycles. The first kappa shape index (κ1) is 18.0. The zero-order valence-electron chi connectivity index (χ0n) is 15.5. The maximum Gasteiger partial charge on any atom is 0.265 e. The number of rotatable bonds is 6. The second-order valence-corrected chi connectivity index (χ2v) is 7.87. The van der Waals surface area contributed by atoms with E-state index in [-0.39, 0.29) is 5.91 Å². The van der Waals surface area contributed by atoms with Gasteiger partial charge in [0.05, 0.1) is 7.11 Å². The van der Waals surface area contributed by atoms with Crippen molar-refractivity contribution >= 4 is 27.3 Å². The van der Waals surface area contributed by atoms with Gasteiger partial charge in [-0.25, -0.2) is 0 Å². The summed E-state index contributed by atoms with van der Waals surface area (Å²) in [5.74, 6) is 0.598. The topological polar surface area (TPSA) is 50.4 Å². The van der Waals surface area contributed by atoms with Gasteiger partial charge in [0, 0.05) is 29.2 Å². The summed E-state index contributed by atoms with van der Waals surface area (Å²) < 4.78 is 6.56. The van der Waals surface area contributed by atoms with Crippen LogP contribution in [0.5, 0.6) is 5.75 Å². The molecule has 0 radical (unpaired) electrons. The van der Waals surface area contributed by atoms with Gasteiger partial charge >= 0.3 is 0 Å². The van der Waals surface area contributed by atoms with Crippen molar-refractivity contribution in [2.75, 3.05) is 20.2 Å². The van der Waals surface area contributed by atoms with Crippen LogP contribution in [0.25, 0.3) is 10.1 Å². The molecule has 27 heavy (non-hydrogen) atoms. The number of hydrogen-bond acceptors (Lipinski definition) is 4. The van der Waals surface area contributed by atoms with E-state index in [1.807, 2.05) is 24.3 Å². The van der Waals surface area contributed by atoms with E-state index in [4.69, 9.17) is 4.74 Å². The number of hydrogen-bond donors (Lipinski definition) is 2. The van der Waals surface area contributed by atoms with Gasteiger partial charge in [-0.3, -0.25) is 4.79 Å². The van der Waals surface area contributed by atoms with Crippen LogP contribution >= 0.6 is 11.3 Å². The summed E-state index contributed by atoms with van der Waals surface area (Å²) in [5, 5.41) is 7.62. The molecular weight excluding hydrogens is 356 g/mol. The maximum atomic E-state index is 12.6. The third kappa shape index (κ3) is 3.70. The molecule has 2 aromatic carbocycles. The molecule has 5 heteroatoms. The summed E-state index contributed by atoms with van der Waals surface area (Å²) in [6.07, 6.45) is 3.52. The van der Waals surface area contributed by atoms with Crippen molar-refractivity contribution in [2.24, 2.45) is 0 Å². The highest BCUT2D eigenvalue weighted by molar-refractivity contribution is 7.21. The Bertz CT molecular complexity index is 950. The Balaban J connectivity index is 1.36. The minimum atomic E-state index is -0.0705. The Morgan fingerprint density at radius 2 is 1.96 bits per heavy atom. The summed E-state index contributed by atoms with van der Waals surface area (Å²) in [4.78, 5) is 13.3. The van der Waals surface area contributed by atoms with Crippen molar-refractivity contribution in [2.45, 2.75) is 25.3 Å². The number of amides is 1. The van der Waals surface area contributed by atoms with Gasteiger partial charge in [0.1, 0.15) is 10.6 Å². The van der Waals surface area contributed by atoms with E-state index >= 15 is 0 Å². The average Bonchev–Trinajstić information content (AvgIpc) is 3.10. The lowest BCUT2D eigenvalue weighted by Gasteiger charge is -2.26. The van der Waals surface area contributed by atoms with Gasteiger partial charge in [-0.15, -0.1) is 11.3 Å². The molecule has 0 saturated carbocycles. The van der Waals surface area contributed by atoms with E-state index in [0.717, 1.165) is 29.5 Å². The number of benzene rings is 2. The molecule has 0 aliphatic heterocycles. The summed E-state index contributed by atoms with van der Waals surface area (Å²) in [5.41, 5.74) is 2.85. The summed E-state index contributed by atoms with van der Waals surface area (Å²) in [6, 6.07) is 17.0. The maximum absolute atomic E-state index is 12.6. The molecule has 1 amide bonds. The molecule has 1 aliphatic carbocycles. The fourth-order valence-corrected chi connectivity index (χ4v) is 4.93. The zero-order chi connectivity index (χ0) is 18.6. The van der Waals surface area contributed by atoms with Crippen LogP contribution in [0.2, 0.25) is 0 Å². The highest BCUT2D eigenvalue weighted by Crippen LogP contribution is 2.37. The Morgan fingerprint density at radius 1 is 1.15 bits per heavy atom. The minimum absolute atomic E-state index is 0.0705. The van der Waals surface area contributed by atoms with E-state index in [2.05, 4.69) is 34.9 Å². The Labute approximate surface area is 163 Å². The highest BCUT2D eigenvalue weighted by Gasteiger charge is 2.20. The Hall–Kier alpha value is -2.37. The number of carbonyl (C=O) groups excluding carboxylic acids is 1. The normalized spacial score (nSPS) is 16.1. The SMILES string of the molecule is COc1c(C(=O)NCCNC2CCCc3ccccc32)sc2ccccc12. The second kappa shape index (κ2) is 8.11. The van der Waals surface area contributed by atoms with Gasteiger partial charge in [-0.1, -0.05) is 36.4 Å². The quantitative estimate of drug-likeness (QED) is 0.627. The van der Waals surface area contributed by atoms with Crippen LogP contribution in [-0.2, 0) is 6.42 Å². The van der Waals surface area contributed by atoms with Gasteiger partial charge in [0.15, 0.2) is 0 Å². The average molecular weight is 381 g/mol. The fourth-order valence-electron chi connectivity index (χ4n) is 3.84. The smallest absolute Gasteiger partial charge is 0.265 e. The van der Waals surface area contributed by atoms with Crippen molar-refractivity contribution < 1.29 is 9.53 Å². The molecule has 1 unspecified atom stereocenters. The molecular formula is C22H24N2O2S. The number of ether oxygens (including phenoxy) is 1. The van der Waals surface area contributed by atoms with Crippen molar-refractivity contribution in [3.63, 3.8) is 0 Å². The molecule has 0 bridgehead atoms. The van der Waals surface area contributed by atoms with Crippen LogP contribution in [0.1, 0.15) is 39.7 Å². The highest BCUT2D eigenvalue weighted by atomic mass is 32.1. The van der Waals surface area contributed by atoms with Crippen molar-refractivity contribution in [3.8, 4) is 5.75 Å². The molecule has 1 aromatic heterocycles. The van der Waals surface area contributed by atoms with Crippen molar-refractivity contribution in [3.05, 3.63) is 64.5 Å². The third-order valence-corrected chi connectivity index (χ3v) is 6.28. The predicted molar refractivity (Wildman–Crippen MR) is 111 cm³/mol. The molecule has 1 atom stereocenters. The lowest BCUT2D eigenvalue weighted by atomic mass is 9.88. The zero-order valence-corrected chi connectivity index (χ0v) is 16.3. The first-order valence-corrected chi connectivity index (χ1v) is 10.2. The van der Waals surface area contributed by atoms with Crippen LogP contribution in [0.3, 0.4) is 0 Å². The molecule has 0 spiro atoms. The van der Waals surface area contributed by atoms with Gasteiger partial charge in [-0.05, 0) is 42.5 Å². The van der Waals surface area contributed by atoms with Crippen molar-refractivity contribution in [1.82, 2.24) is 10.6 Å². The molecule has 2 N–H and O–H groups in total. The van der Waals surface area contributed by atoms with Crippen LogP contribution in [0, 0.1) is 0 Å². The number of fused-ring (bicyclic) bond motifs is 2. The molecule has 3 aromatic rings. The first-order chi connectivity index (χ1) is 13.3. The monoisotopic (exact) mass is 380 g/mol. The van der Waals surface area contributed by atoms with Crippen LogP contribution in [0.4, 0.5) is 0 Å². The molecule has 0 fully saturated rings. The fraction of sp³-hybridized carbons (Fsp3) is 0.318. The molecule has 140 valence electrons. The molecule has 0 saturated heterocycles. The van der Waals surface area contributed by atoms with Gasteiger partial charge in [-0.2, -0.15) is 0 Å². The lowest BCUT2D eigenvalue weighted by molar-refractivity contribution is 0.0955. The van der Waals surface area contributed by atoms with E-state index in [9.17, 15) is 4.79 Å². The Kier molecular flexibility index (Phi) is 5.41. The largest absolute Gasteiger partial charge is 0.494 e. The lowest BCUT2D eigenvalue weighted by Crippen LogP contribution is -2.34. The van der Waals surface area contributed by atoms with Crippen LogP contribution < -0.4 is 15.4 Å². The third-order valence-electron chi connectivity index (χ3n) is 5.13. The summed E-state index contributed by atoms with van der Waals surface area (Å²) in [6.45, 7) is 1.34. The molecule has 4 rings (SSSR count). The molecule has 4 nitrogen and oxygen atoms in total. The van der Waals surface area contributed by atoms with Crippen LogP contribution in [0.15, 0.2) is 48.5 Å². The minimum Gasteiger partial charge on any atom is -0.494 e. The first-order valence-electron chi connectivity index (χ1n) is 9.43. The van der Waals surface area contributed by atoms with Gasteiger partial charge in [0.2, 0.25) is 0 Å². The number of thiophene rings is 1. The van der Waals surface area contributed by atoms with Crippen molar-refractivity contribution in [1.29, 1.82) is 0 Å². The van der Waals surface area contributed by atoms with E-state index in [1.165, 1.54) is 28.9 Å². The number of aryl methyl sites for hydroxylation is 1. The van der Waals surface area contributed by atoms with E-state index < -0.39 is 0 Å². The van der Waals surface area contributed by atoms with Crippen LogP contribution in [-0.4, -0.2) is 26.1 Å². The molecule has 1 aliphatic rings. The number of methoxy groups -OCH3 is 1. The second-order valence-electron chi connectivity index (χ2n) is 6.81. The predicted octanol–water partition coefficient (Wildman–Crippen LogP) is 4.31. The standard InChI is InChI=1S/C22H24N2O2S/c1-26-20-17-10-4-5-12-19(17)27-21(20)22(25)24-14-13-23-18-11-6-8-15-7-2-3-9-16(15)18/h2-5,7,9-10,12,18,23H,6,8,11,13-14H2,1H3,(H,24,25). The summed E-state index contributed by atoms with van der Waals surface area (Å²) in [7, 11) is 1.62. The van der Waals surface area contributed by atoms with E-state index in [0.29, 0.717) is 23.2 Å². The Morgan fingerprint density at radius 3 is 2.85 bits per heavy atom. The van der Waals surface area contributed by atoms with Gasteiger partial charge in [0.25, 0.3) is 5.91 Å². The van der Waals surface area contributed by atoms with Gasteiger partial charge < -0.3 is 15.4 Å². The number of nitrogens with one attached hydrogen (secondary N) is 2.